The van der Waals surface area contributed by atoms with E-state index in [9.17, 15) is 0 Å². The highest BCUT2D eigenvalue weighted by atomic mass is 32.1. The summed E-state index contributed by atoms with van der Waals surface area (Å²) in [4.78, 5) is 0. The Morgan fingerprint density at radius 1 is 1.06 bits per heavy atom. The number of aliphatic hydroxyl groups excluding tert-OH is 1. The van der Waals surface area contributed by atoms with Gasteiger partial charge in [-0.3, -0.25) is 0 Å². The van der Waals surface area contributed by atoms with E-state index in [1.54, 1.807) is 0 Å². The van der Waals surface area contributed by atoms with Gasteiger partial charge in [0.15, 0.2) is 6.29 Å². The van der Waals surface area contributed by atoms with Crippen LogP contribution in [0, 0.1) is 0 Å². The molecule has 0 aromatic heterocycles. The first kappa shape index (κ1) is 16.1. The second kappa shape index (κ2) is 13.2. The van der Waals surface area contributed by atoms with Gasteiger partial charge in [-0.25, -0.2) is 0 Å². The maximum atomic E-state index is 8.47. The molecule has 0 saturated heterocycles. The number of aliphatic hydroxyl groups is 1. The third-order valence-electron chi connectivity index (χ3n) is 1.61. The summed E-state index contributed by atoms with van der Waals surface area (Å²) in [6, 6.07) is 0. The van der Waals surface area contributed by atoms with E-state index in [2.05, 4.69) is 12.6 Å². The maximum absolute atomic E-state index is 8.47. The van der Waals surface area contributed by atoms with Crippen molar-refractivity contribution in [1.29, 1.82) is 0 Å². The summed E-state index contributed by atoms with van der Waals surface area (Å²) < 4.78 is 21.0. The first-order valence-electron chi connectivity index (χ1n) is 5.45. The van der Waals surface area contributed by atoms with Crippen molar-refractivity contribution in [2.24, 2.45) is 0 Å². The number of rotatable bonds is 12. The summed E-state index contributed by atoms with van der Waals surface area (Å²) in [5, 5.41) is 8.47. The lowest BCUT2D eigenvalue weighted by molar-refractivity contribution is -0.168. The van der Waals surface area contributed by atoms with E-state index in [4.69, 9.17) is 24.1 Å². The van der Waals surface area contributed by atoms with Crippen molar-refractivity contribution >= 4 is 12.6 Å². The highest BCUT2D eigenvalue weighted by Gasteiger charge is 2.07. The lowest BCUT2D eigenvalue weighted by Gasteiger charge is -2.17. The van der Waals surface area contributed by atoms with E-state index in [1.165, 1.54) is 0 Å². The molecule has 0 aromatic rings. The number of hydrogen-bond acceptors (Lipinski definition) is 6. The number of hydrogen-bond donors (Lipinski definition) is 2. The first-order chi connectivity index (χ1) is 7.85. The molecule has 0 fully saturated rings. The second-order valence-corrected chi connectivity index (χ2v) is 3.34. The summed E-state index contributed by atoms with van der Waals surface area (Å²) in [6.45, 7) is 4.71. The van der Waals surface area contributed by atoms with E-state index in [0.717, 1.165) is 0 Å². The molecule has 0 bridgehead atoms. The van der Waals surface area contributed by atoms with Crippen LogP contribution in [0.3, 0.4) is 0 Å². The number of ether oxygens (including phenoxy) is 4. The van der Waals surface area contributed by atoms with Crippen LogP contribution in [0.15, 0.2) is 0 Å². The lowest BCUT2D eigenvalue weighted by Crippen LogP contribution is -2.25. The minimum atomic E-state index is -0.338. The number of thiol groups is 1. The molecule has 1 atom stereocenters. The highest BCUT2D eigenvalue weighted by Crippen LogP contribution is 1.97. The third-order valence-corrected chi connectivity index (χ3v) is 1.79. The zero-order valence-electron chi connectivity index (χ0n) is 9.76. The Bertz CT molecular complexity index is 136. The second-order valence-electron chi connectivity index (χ2n) is 2.89. The molecule has 0 radical (unpaired) electrons. The highest BCUT2D eigenvalue weighted by molar-refractivity contribution is 7.80. The Hall–Kier alpha value is 0.150. The van der Waals surface area contributed by atoms with Gasteiger partial charge < -0.3 is 24.1 Å². The third kappa shape index (κ3) is 10.7. The van der Waals surface area contributed by atoms with Crippen LogP contribution in [-0.2, 0) is 18.9 Å². The summed E-state index contributed by atoms with van der Waals surface area (Å²) in [5.41, 5.74) is 0. The fourth-order valence-corrected chi connectivity index (χ4v) is 1.08. The Morgan fingerprint density at radius 2 is 1.81 bits per heavy atom. The van der Waals surface area contributed by atoms with E-state index in [0.29, 0.717) is 45.4 Å². The molecule has 0 heterocycles. The SMILES string of the molecule is CCOC(COCCOCCO)OCCS. The molecule has 16 heavy (non-hydrogen) atoms. The van der Waals surface area contributed by atoms with Crippen LogP contribution in [0.25, 0.3) is 0 Å². The van der Waals surface area contributed by atoms with Crippen LogP contribution in [0.4, 0.5) is 0 Å². The topological polar surface area (TPSA) is 57.2 Å². The fourth-order valence-electron chi connectivity index (χ4n) is 0.978. The fraction of sp³-hybridized carbons (Fsp3) is 1.00. The molecule has 0 aliphatic carbocycles. The van der Waals surface area contributed by atoms with Gasteiger partial charge in [-0.05, 0) is 6.92 Å². The van der Waals surface area contributed by atoms with Crippen molar-refractivity contribution in [3.63, 3.8) is 0 Å². The van der Waals surface area contributed by atoms with Crippen LogP contribution in [-0.4, -0.2) is 63.4 Å². The maximum Gasteiger partial charge on any atom is 0.180 e. The molecule has 0 amide bonds. The largest absolute Gasteiger partial charge is 0.394 e. The van der Waals surface area contributed by atoms with E-state index in [1.807, 2.05) is 6.92 Å². The summed E-state index contributed by atoms with van der Waals surface area (Å²) >= 11 is 4.05. The summed E-state index contributed by atoms with van der Waals surface area (Å²) in [5.74, 6) is 0.656. The average molecular weight is 254 g/mol. The monoisotopic (exact) mass is 254 g/mol. The van der Waals surface area contributed by atoms with Gasteiger partial charge >= 0.3 is 0 Å². The minimum Gasteiger partial charge on any atom is -0.394 e. The zero-order valence-corrected chi connectivity index (χ0v) is 10.7. The molecule has 98 valence electrons. The molecule has 0 spiro atoms. The smallest absolute Gasteiger partial charge is 0.180 e. The molecule has 1 N–H and O–H groups in total. The van der Waals surface area contributed by atoms with Crippen LogP contribution in [0.2, 0.25) is 0 Å². The van der Waals surface area contributed by atoms with Gasteiger partial charge in [-0.2, -0.15) is 12.6 Å². The van der Waals surface area contributed by atoms with Crippen LogP contribution in [0.1, 0.15) is 6.92 Å². The Morgan fingerprint density at radius 3 is 2.44 bits per heavy atom. The van der Waals surface area contributed by atoms with Crippen molar-refractivity contribution in [3.05, 3.63) is 0 Å². The Balaban J connectivity index is 3.36. The molecule has 0 saturated carbocycles. The van der Waals surface area contributed by atoms with Crippen LogP contribution >= 0.6 is 12.6 Å². The van der Waals surface area contributed by atoms with Gasteiger partial charge in [-0.15, -0.1) is 0 Å². The van der Waals surface area contributed by atoms with Gasteiger partial charge in [0.1, 0.15) is 0 Å². The molecule has 0 aliphatic rings. The molecule has 0 aromatic carbocycles. The summed E-state index contributed by atoms with van der Waals surface area (Å²) in [7, 11) is 0. The van der Waals surface area contributed by atoms with Crippen LogP contribution in [0.5, 0.6) is 0 Å². The normalized spacial score (nSPS) is 12.9. The lowest BCUT2D eigenvalue weighted by atomic mass is 10.6. The molecule has 1 unspecified atom stereocenters. The molecular weight excluding hydrogens is 232 g/mol. The quantitative estimate of drug-likeness (QED) is 0.298. The average Bonchev–Trinajstić information content (AvgIpc) is 2.30. The van der Waals surface area contributed by atoms with E-state index < -0.39 is 0 Å². The molecule has 5 nitrogen and oxygen atoms in total. The molecule has 0 aliphatic heterocycles. The predicted molar refractivity (Wildman–Crippen MR) is 63.9 cm³/mol. The molecule has 0 rings (SSSR count). The predicted octanol–water partition coefficient (Wildman–Crippen LogP) is 0.321. The standard InChI is InChI=1S/C10H22O5S/c1-2-14-10(15-7-8-16)9-13-6-5-12-4-3-11/h10-11,16H,2-9H2,1H3. The van der Waals surface area contributed by atoms with E-state index in [-0.39, 0.29) is 12.9 Å². The Kier molecular flexibility index (Phi) is 13.3. The van der Waals surface area contributed by atoms with Crippen molar-refractivity contribution in [1.82, 2.24) is 0 Å². The van der Waals surface area contributed by atoms with Crippen molar-refractivity contribution in [2.75, 3.05) is 52.0 Å². The molecular formula is C10H22O5S. The van der Waals surface area contributed by atoms with Crippen molar-refractivity contribution < 1.29 is 24.1 Å². The van der Waals surface area contributed by atoms with Crippen molar-refractivity contribution in [2.45, 2.75) is 13.2 Å². The van der Waals surface area contributed by atoms with Crippen LogP contribution < -0.4 is 0 Å². The minimum absolute atomic E-state index is 0.0344. The van der Waals surface area contributed by atoms with Crippen molar-refractivity contribution in [3.8, 4) is 0 Å². The van der Waals surface area contributed by atoms with Gasteiger partial charge in [0.2, 0.25) is 0 Å². The zero-order chi connectivity index (χ0) is 12.1. The van der Waals surface area contributed by atoms with E-state index >= 15 is 0 Å². The van der Waals surface area contributed by atoms with Gasteiger partial charge in [0.25, 0.3) is 0 Å². The Labute approximate surface area is 102 Å². The van der Waals surface area contributed by atoms with Gasteiger partial charge in [-0.1, -0.05) is 0 Å². The summed E-state index contributed by atoms with van der Waals surface area (Å²) in [6.07, 6.45) is -0.338. The first-order valence-corrected chi connectivity index (χ1v) is 6.08. The van der Waals surface area contributed by atoms with Gasteiger partial charge in [0, 0.05) is 12.4 Å². The van der Waals surface area contributed by atoms with Gasteiger partial charge in [0.05, 0.1) is 39.6 Å². The molecule has 6 heteroatoms.